The monoisotopic (exact) mass is 375 g/mol. The molecule has 0 aliphatic heterocycles. The van der Waals surface area contributed by atoms with E-state index in [0.29, 0.717) is 17.9 Å². The third-order valence-electron chi connectivity index (χ3n) is 4.03. The maximum absolute atomic E-state index is 12.3. The zero-order valence-corrected chi connectivity index (χ0v) is 15.7. The number of hydrogen-bond acceptors (Lipinski definition) is 4. The van der Waals surface area contributed by atoms with E-state index in [9.17, 15) is 9.59 Å². The van der Waals surface area contributed by atoms with Crippen molar-refractivity contribution in [3.63, 3.8) is 0 Å². The maximum atomic E-state index is 12.3. The van der Waals surface area contributed by atoms with Crippen LogP contribution in [0.4, 0.5) is 5.69 Å². The van der Waals surface area contributed by atoms with Gasteiger partial charge in [0.15, 0.2) is 0 Å². The van der Waals surface area contributed by atoms with Gasteiger partial charge in [-0.25, -0.2) is 5.43 Å². The highest BCUT2D eigenvalue weighted by Crippen LogP contribution is 2.27. The fourth-order valence-corrected chi connectivity index (χ4v) is 2.86. The molecule has 0 spiro atoms. The summed E-state index contributed by atoms with van der Waals surface area (Å²) in [5.41, 5.74) is 4.35. The molecule has 3 aromatic rings. The molecule has 142 valence electrons. The average Bonchev–Trinajstić information content (AvgIpc) is 2.69. The number of carbonyl (C=O) groups is 2. The van der Waals surface area contributed by atoms with Gasteiger partial charge in [0.1, 0.15) is 5.75 Å². The van der Waals surface area contributed by atoms with Crippen LogP contribution in [0.1, 0.15) is 29.8 Å². The first-order valence-electron chi connectivity index (χ1n) is 8.94. The van der Waals surface area contributed by atoms with Gasteiger partial charge in [0.2, 0.25) is 5.91 Å². The first kappa shape index (κ1) is 19.1. The molecule has 2 N–H and O–H groups in total. The second kappa shape index (κ2) is 8.81. The highest BCUT2D eigenvalue weighted by Gasteiger charge is 2.07. The normalized spacial score (nSPS) is 10.8. The van der Waals surface area contributed by atoms with Gasteiger partial charge in [-0.15, -0.1) is 0 Å². The molecule has 2 amide bonds. The molecule has 6 nitrogen and oxygen atoms in total. The van der Waals surface area contributed by atoms with Gasteiger partial charge in [-0.1, -0.05) is 30.3 Å². The molecule has 0 saturated heterocycles. The number of anilines is 1. The number of ether oxygens (including phenoxy) is 1. The summed E-state index contributed by atoms with van der Waals surface area (Å²) in [7, 11) is 0. The van der Waals surface area contributed by atoms with Crippen molar-refractivity contribution in [2.24, 2.45) is 5.10 Å². The second-order valence-electron chi connectivity index (χ2n) is 6.09. The molecule has 0 atom stereocenters. The molecule has 0 saturated carbocycles. The lowest BCUT2D eigenvalue weighted by molar-refractivity contribution is -0.114. The fourth-order valence-electron chi connectivity index (χ4n) is 2.86. The van der Waals surface area contributed by atoms with E-state index in [1.165, 1.54) is 6.92 Å². The smallest absolute Gasteiger partial charge is 0.271 e. The molecule has 0 radical (unpaired) electrons. The number of nitrogens with one attached hydrogen (secondary N) is 2. The lowest BCUT2D eigenvalue weighted by Gasteiger charge is -2.09. The van der Waals surface area contributed by atoms with Crippen molar-refractivity contribution in [3.05, 3.63) is 71.8 Å². The van der Waals surface area contributed by atoms with Gasteiger partial charge in [0, 0.05) is 29.1 Å². The molecule has 6 heteroatoms. The number of nitrogens with zero attached hydrogens (tertiary/aromatic N) is 1. The molecule has 0 fully saturated rings. The number of hydrazone groups is 1. The Balaban J connectivity index is 1.77. The lowest BCUT2D eigenvalue weighted by atomic mass is 10.0. The Morgan fingerprint density at radius 1 is 1.04 bits per heavy atom. The van der Waals surface area contributed by atoms with E-state index in [0.717, 1.165) is 22.1 Å². The zero-order valence-electron chi connectivity index (χ0n) is 15.7. The Morgan fingerprint density at radius 3 is 2.57 bits per heavy atom. The molecule has 0 aliphatic rings. The van der Waals surface area contributed by atoms with Crippen molar-refractivity contribution in [2.45, 2.75) is 13.8 Å². The van der Waals surface area contributed by atoms with Crippen molar-refractivity contribution >= 4 is 34.5 Å². The van der Waals surface area contributed by atoms with Gasteiger partial charge in [-0.2, -0.15) is 5.10 Å². The molecule has 0 bridgehead atoms. The third kappa shape index (κ3) is 4.54. The Hall–Kier alpha value is -3.67. The first-order valence-corrected chi connectivity index (χ1v) is 8.94. The van der Waals surface area contributed by atoms with E-state index in [1.807, 2.05) is 43.3 Å². The van der Waals surface area contributed by atoms with Crippen LogP contribution in [0.5, 0.6) is 5.75 Å². The van der Waals surface area contributed by atoms with Crippen LogP contribution in [0.2, 0.25) is 0 Å². The number of hydrogen-bond donors (Lipinski definition) is 2. The summed E-state index contributed by atoms with van der Waals surface area (Å²) >= 11 is 0. The topological polar surface area (TPSA) is 79.8 Å². The largest absolute Gasteiger partial charge is 0.493 e. The summed E-state index contributed by atoms with van der Waals surface area (Å²) in [6.45, 7) is 3.95. The van der Waals surface area contributed by atoms with Crippen LogP contribution in [-0.2, 0) is 4.79 Å². The van der Waals surface area contributed by atoms with Crippen molar-refractivity contribution < 1.29 is 14.3 Å². The van der Waals surface area contributed by atoms with Crippen LogP contribution in [0.3, 0.4) is 0 Å². The summed E-state index contributed by atoms with van der Waals surface area (Å²) in [4.78, 5) is 23.5. The quantitative estimate of drug-likeness (QED) is 0.505. The predicted octanol–water partition coefficient (Wildman–Crippen LogP) is 3.96. The summed E-state index contributed by atoms with van der Waals surface area (Å²) < 4.78 is 5.67. The van der Waals surface area contributed by atoms with Crippen LogP contribution in [0.25, 0.3) is 10.8 Å². The summed E-state index contributed by atoms with van der Waals surface area (Å²) in [6, 6.07) is 18.3. The Kier molecular flexibility index (Phi) is 6.01. The maximum Gasteiger partial charge on any atom is 0.271 e. The second-order valence-corrected chi connectivity index (χ2v) is 6.09. The number of rotatable bonds is 6. The summed E-state index contributed by atoms with van der Waals surface area (Å²) in [5, 5.41) is 8.70. The minimum absolute atomic E-state index is 0.196. The minimum Gasteiger partial charge on any atom is -0.493 e. The van der Waals surface area contributed by atoms with Gasteiger partial charge >= 0.3 is 0 Å². The molecule has 0 heterocycles. The van der Waals surface area contributed by atoms with Crippen molar-refractivity contribution in [1.82, 2.24) is 5.43 Å². The standard InChI is InChI=1S/C22H21N3O3/c1-3-28-21-12-11-17(19-9-4-5-10-20(19)21)14-23-25-22(27)16-7-6-8-18(13-16)24-15(2)26/h4-14H,3H2,1-2H3,(H,24,26)(H,25,27)/b23-14-. The summed E-state index contributed by atoms with van der Waals surface area (Å²) in [6.07, 6.45) is 1.60. The molecule has 3 rings (SSSR count). The molecular formula is C22H21N3O3. The minimum atomic E-state index is -0.362. The highest BCUT2D eigenvalue weighted by atomic mass is 16.5. The van der Waals surface area contributed by atoms with E-state index in [2.05, 4.69) is 15.8 Å². The first-order chi connectivity index (χ1) is 13.6. The van der Waals surface area contributed by atoms with Gasteiger partial charge < -0.3 is 10.1 Å². The molecule has 28 heavy (non-hydrogen) atoms. The van der Waals surface area contributed by atoms with Crippen LogP contribution in [0.15, 0.2) is 65.8 Å². The fraction of sp³-hybridized carbons (Fsp3) is 0.136. The molecule has 0 aromatic heterocycles. The number of amides is 2. The SMILES string of the molecule is CCOc1ccc(/C=N\NC(=O)c2cccc(NC(C)=O)c2)c2ccccc12. The Morgan fingerprint density at radius 2 is 1.82 bits per heavy atom. The molecule has 3 aromatic carbocycles. The van der Waals surface area contributed by atoms with Crippen LogP contribution in [0, 0.1) is 0 Å². The van der Waals surface area contributed by atoms with Crippen LogP contribution < -0.4 is 15.5 Å². The Bertz CT molecular complexity index is 1040. The third-order valence-corrected chi connectivity index (χ3v) is 4.03. The predicted molar refractivity (Wildman–Crippen MR) is 111 cm³/mol. The van der Waals surface area contributed by atoms with E-state index < -0.39 is 0 Å². The van der Waals surface area contributed by atoms with E-state index in [4.69, 9.17) is 4.74 Å². The van der Waals surface area contributed by atoms with Crippen molar-refractivity contribution in [1.29, 1.82) is 0 Å². The van der Waals surface area contributed by atoms with Gasteiger partial charge in [-0.3, -0.25) is 9.59 Å². The molecule has 0 aliphatic carbocycles. The van der Waals surface area contributed by atoms with E-state index in [-0.39, 0.29) is 11.8 Å². The number of benzene rings is 3. The number of carbonyl (C=O) groups excluding carboxylic acids is 2. The van der Waals surface area contributed by atoms with E-state index >= 15 is 0 Å². The molecule has 0 unspecified atom stereocenters. The summed E-state index contributed by atoms with van der Waals surface area (Å²) in [5.74, 6) is 0.255. The molecular weight excluding hydrogens is 354 g/mol. The van der Waals surface area contributed by atoms with Crippen molar-refractivity contribution in [3.8, 4) is 5.75 Å². The van der Waals surface area contributed by atoms with Crippen LogP contribution >= 0.6 is 0 Å². The Labute approximate surface area is 163 Å². The van der Waals surface area contributed by atoms with Gasteiger partial charge in [0.05, 0.1) is 12.8 Å². The number of fused-ring (bicyclic) bond motifs is 1. The van der Waals surface area contributed by atoms with Crippen LogP contribution in [-0.4, -0.2) is 24.6 Å². The average molecular weight is 375 g/mol. The zero-order chi connectivity index (χ0) is 19.9. The van der Waals surface area contributed by atoms with Crippen molar-refractivity contribution in [2.75, 3.05) is 11.9 Å². The lowest BCUT2D eigenvalue weighted by Crippen LogP contribution is -2.18. The van der Waals surface area contributed by atoms with Gasteiger partial charge in [0.25, 0.3) is 5.91 Å². The van der Waals surface area contributed by atoms with Gasteiger partial charge in [-0.05, 0) is 42.6 Å². The van der Waals surface area contributed by atoms with E-state index in [1.54, 1.807) is 30.5 Å². The highest BCUT2D eigenvalue weighted by molar-refractivity contribution is 6.03.